The highest BCUT2D eigenvalue weighted by Gasteiger charge is 2.56. The van der Waals surface area contributed by atoms with Gasteiger partial charge >= 0.3 is 5.97 Å². The van der Waals surface area contributed by atoms with Crippen LogP contribution in [0.1, 0.15) is 35.5 Å². The number of halogens is 3. The minimum atomic E-state index is -3.06. The summed E-state index contributed by atoms with van der Waals surface area (Å²) in [5.41, 5.74) is 1.24. The van der Waals surface area contributed by atoms with Crippen molar-refractivity contribution < 1.29 is 27.5 Å². The molecule has 2 saturated heterocycles. The lowest BCUT2D eigenvalue weighted by Gasteiger charge is -2.34. The predicted octanol–water partition coefficient (Wildman–Crippen LogP) is 2.95. The second-order valence-corrected chi connectivity index (χ2v) is 10.2. The number of aromatic nitrogens is 1. The summed E-state index contributed by atoms with van der Waals surface area (Å²) in [6.07, 6.45) is 1.34. The maximum Gasteiger partial charge on any atom is 0.338 e. The number of nitrogens with zero attached hydrogens (tertiary/aromatic N) is 3. The number of rotatable bonds is 6. The third-order valence-corrected chi connectivity index (χ3v) is 7.81. The lowest BCUT2D eigenvalue weighted by molar-refractivity contribution is -0.139. The molecule has 8 nitrogen and oxygen atoms in total. The van der Waals surface area contributed by atoms with Crippen molar-refractivity contribution >= 4 is 29.0 Å². The first-order chi connectivity index (χ1) is 17.7. The fraction of sp³-hybridized carbons (Fsp3) is 0.440. The number of likely N-dealkylation sites (tertiary alicyclic amines) is 1. The van der Waals surface area contributed by atoms with Gasteiger partial charge in [0, 0.05) is 42.8 Å². The molecule has 37 heavy (non-hydrogen) atoms. The highest BCUT2D eigenvalue weighted by molar-refractivity contribution is 7.11. The van der Waals surface area contributed by atoms with Crippen molar-refractivity contribution in [3.8, 4) is 0 Å². The van der Waals surface area contributed by atoms with Crippen LogP contribution in [0.3, 0.4) is 0 Å². The highest BCUT2D eigenvalue weighted by Crippen LogP contribution is 2.42. The summed E-state index contributed by atoms with van der Waals surface area (Å²) in [6.45, 7) is 2.83. The van der Waals surface area contributed by atoms with Crippen LogP contribution in [-0.4, -0.2) is 65.8 Å². The largest absolute Gasteiger partial charge is 0.463 e. The molecule has 0 bridgehead atoms. The highest BCUT2D eigenvalue weighted by atomic mass is 32.1. The molecular weight excluding hydrogens is 507 g/mol. The summed E-state index contributed by atoms with van der Waals surface area (Å²) in [5.74, 6) is -5.35. The van der Waals surface area contributed by atoms with Gasteiger partial charge in [0.1, 0.15) is 11.9 Å². The smallest absolute Gasteiger partial charge is 0.338 e. The molecule has 2 fully saturated rings. The van der Waals surface area contributed by atoms with Gasteiger partial charge < -0.3 is 15.4 Å². The average molecular weight is 534 g/mol. The fourth-order valence-corrected chi connectivity index (χ4v) is 5.82. The number of ether oxygens (including phenoxy) is 1. The van der Waals surface area contributed by atoms with Gasteiger partial charge in [-0.2, -0.15) is 0 Å². The zero-order valence-electron chi connectivity index (χ0n) is 20.3. The average Bonchev–Trinajstić information content (AvgIpc) is 3.47. The molecule has 0 aliphatic carbocycles. The molecule has 196 valence electrons. The Bertz CT molecular complexity index is 1280. The van der Waals surface area contributed by atoms with Crippen molar-refractivity contribution in [2.45, 2.75) is 38.3 Å². The van der Waals surface area contributed by atoms with Crippen molar-refractivity contribution in [3.05, 3.63) is 63.0 Å². The molecule has 1 amide bonds. The molecule has 3 aliphatic rings. The molecule has 3 atom stereocenters. The third-order valence-electron chi connectivity index (χ3n) is 7.03. The lowest BCUT2D eigenvalue weighted by Crippen LogP contribution is -2.51. The Hall–Kier alpha value is -3.25. The molecule has 2 aromatic rings. The molecule has 2 N–H and O–H groups in total. The van der Waals surface area contributed by atoms with Gasteiger partial charge in [0.05, 0.1) is 24.6 Å². The van der Waals surface area contributed by atoms with Crippen LogP contribution in [0.25, 0.3) is 0 Å². The Morgan fingerprint density at radius 2 is 2.16 bits per heavy atom. The van der Waals surface area contributed by atoms with E-state index in [0.717, 1.165) is 0 Å². The summed E-state index contributed by atoms with van der Waals surface area (Å²) >= 11 is 1.32. The molecule has 5 rings (SSSR count). The summed E-state index contributed by atoms with van der Waals surface area (Å²) in [5, 5.41) is 8.13. The Kier molecular flexibility index (Phi) is 6.80. The molecule has 3 aliphatic heterocycles. The van der Waals surface area contributed by atoms with Gasteiger partial charge in [-0.15, -0.1) is 11.3 Å². The van der Waals surface area contributed by atoms with Gasteiger partial charge in [0.25, 0.3) is 5.92 Å². The van der Waals surface area contributed by atoms with Crippen LogP contribution >= 0.6 is 11.3 Å². The summed E-state index contributed by atoms with van der Waals surface area (Å²) < 4.78 is 49.8. The van der Waals surface area contributed by atoms with E-state index in [1.807, 2.05) is 0 Å². The van der Waals surface area contributed by atoms with Crippen molar-refractivity contribution in [2.24, 2.45) is 10.9 Å². The standard InChI is InChI=1S/C25H26F3N5O3S/c1-3-36-24(35)20-17(11-33-12-25(27,28)15-9-19(34)30-10-18(15)33)31-22(23-29-7-8-37-23)32-21(20)14-5-4-6-16(26)13(14)2/h4-8,15,18,21H,3,9-12H2,1-2H3,(H,30,34)(H,31,32)/t15-,18+,21-/m0/s1. The Morgan fingerprint density at radius 3 is 2.89 bits per heavy atom. The first kappa shape index (κ1) is 25.4. The number of hydrogen-bond donors (Lipinski definition) is 2. The molecule has 12 heteroatoms. The van der Waals surface area contributed by atoms with E-state index >= 15 is 0 Å². The van der Waals surface area contributed by atoms with Crippen molar-refractivity contribution in [2.75, 3.05) is 26.2 Å². The first-order valence-corrected chi connectivity index (χ1v) is 12.9. The van der Waals surface area contributed by atoms with E-state index in [4.69, 9.17) is 9.73 Å². The number of amidine groups is 1. The maximum absolute atomic E-state index is 14.9. The molecule has 0 unspecified atom stereocenters. The van der Waals surface area contributed by atoms with E-state index in [1.165, 1.54) is 23.5 Å². The van der Waals surface area contributed by atoms with E-state index in [1.54, 1.807) is 36.4 Å². The van der Waals surface area contributed by atoms with Crippen LogP contribution in [0.15, 0.2) is 46.0 Å². The number of esters is 1. The SMILES string of the molecule is CCOC(=O)C1=C(CN2CC(F)(F)[C@H]3CC(=O)NC[C@H]32)NC(c2nccs2)=N[C@H]1c1cccc(F)c1C. The van der Waals surface area contributed by atoms with Crippen LogP contribution in [-0.2, 0) is 14.3 Å². The van der Waals surface area contributed by atoms with E-state index in [2.05, 4.69) is 15.6 Å². The quantitative estimate of drug-likeness (QED) is 0.555. The number of hydrogen-bond acceptors (Lipinski definition) is 8. The number of carbonyl (C=O) groups is 2. The Balaban J connectivity index is 1.60. The Morgan fingerprint density at radius 1 is 1.35 bits per heavy atom. The zero-order chi connectivity index (χ0) is 26.3. The number of amides is 1. The number of aliphatic imine (C=N–C) groups is 1. The van der Waals surface area contributed by atoms with Crippen LogP contribution in [0.2, 0.25) is 0 Å². The first-order valence-electron chi connectivity index (χ1n) is 12.0. The molecule has 0 spiro atoms. The molecule has 0 radical (unpaired) electrons. The monoisotopic (exact) mass is 533 g/mol. The number of fused-ring (bicyclic) bond motifs is 1. The van der Waals surface area contributed by atoms with Crippen LogP contribution in [0, 0.1) is 18.7 Å². The van der Waals surface area contributed by atoms with Crippen LogP contribution in [0.4, 0.5) is 13.2 Å². The summed E-state index contributed by atoms with van der Waals surface area (Å²) in [6, 6.07) is 3.00. The fourth-order valence-electron chi connectivity index (χ4n) is 5.23. The Labute approximate surface area is 215 Å². The van der Waals surface area contributed by atoms with Gasteiger partial charge in [0.2, 0.25) is 5.91 Å². The number of alkyl halides is 2. The van der Waals surface area contributed by atoms with Crippen LogP contribution < -0.4 is 10.6 Å². The van der Waals surface area contributed by atoms with Crippen molar-refractivity contribution in [1.82, 2.24) is 20.5 Å². The molecule has 1 aromatic carbocycles. The minimum absolute atomic E-state index is 0.0456. The zero-order valence-corrected chi connectivity index (χ0v) is 21.1. The van der Waals surface area contributed by atoms with Gasteiger partial charge in [-0.1, -0.05) is 12.1 Å². The molecular formula is C25H26F3N5O3S. The van der Waals surface area contributed by atoms with Gasteiger partial charge in [-0.3, -0.25) is 14.7 Å². The van der Waals surface area contributed by atoms with Crippen molar-refractivity contribution in [1.29, 1.82) is 0 Å². The lowest BCUT2D eigenvalue weighted by atomic mass is 9.90. The summed E-state index contributed by atoms with van der Waals surface area (Å²) in [7, 11) is 0. The van der Waals surface area contributed by atoms with Crippen LogP contribution in [0.5, 0.6) is 0 Å². The third kappa shape index (κ3) is 4.75. The number of piperidine rings is 1. The number of carbonyl (C=O) groups excluding carboxylic acids is 2. The second kappa shape index (κ2) is 9.90. The molecule has 1 aromatic heterocycles. The van der Waals surface area contributed by atoms with E-state index in [9.17, 15) is 22.8 Å². The van der Waals surface area contributed by atoms with E-state index in [-0.39, 0.29) is 31.7 Å². The van der Waals surface area contributed by atoms with Gasteiger partial charge in [-0.25, -0.2) is 22.9 Å². The molecule has 4 heterocycles. The topological polar surface area (TPSA) is 95.9 Å². The number of thiazole rings is 1. The normalized spacial score (nSPS) is 25.3. The second-order valence-electron chi connectivity index (χ2n) is 9.26. The van der Waals surface area contributed by atoms with Gasteiger partial charge in [0.15, 0.2) is 10.8 Å². The minimum Gasteiger partial charge on any atom is -0.463 e. The van der Waals surface area contributed by atoms with E-state index in [0.29, 0.717) is 27.7 Å². The molecule has 0 saturated carbocycles. The number of benzene rings is 1. The maximum atomic E-state index is 14.9. The number of nitrogens with one attached hydrogen (secondary N) is 2. The predicted molar refractivity (Wildman–Crippen MR) is 131 cm³/mol. The summed E-state index contributed by atoms with van der Waals surface area (Å²) in [4.78, 5) is 35.7. The van der Waals surface area contributed by atoms with Crippen molar-refractivity contribution in [3.63, 3.8) is 0 Å². The van der Waals surface area contributed by atoms with E-state index < -0.39 is 48.2 Å². The van der Waals surface area contributed by atoms with Gasteiger partial charge in [-0.05, 0) is 31.0 Å².